The van der Waals surface area contributed by atoms with Gasteiger partial charge in [-0.15, -0.1) is 0 Å². The van der Waals surface area contributed by atoms with Crippen molar-refractivity contribution in [1.82, 2.24) is 10.2 Å². The number of likely N-dealkylation sites (tertiary alicyclic amines) is 1. The molecule has 1 aliphatic rings. The Hall–Kier alpha value is -3.71. The highest BCUT2D eigenvalue weighted by Gasteiger charge is 2.28. The van der Waals surface area contributed by atoms with E-state index in [1.165, 1.54) is 0 Å². The number of carbonyl (C=O) groups is 3. The molecule has 0 aliphatic carbocycles. The van der Waals surface area contributed by atoms with Crippen molar-refractivity contribution in [3.63, 3.8) is 0 Å². The molecule has 1 heterocycles. The zero-order valence-corrected chi connectivity index (χ0v) is 18.4. The largest absolute Gasteiger partial charge is 0.368 e. The summed E-state index contributed by atoms with van der Waals surface area (Å²) < 4.78 is 0. The van der Waals surface area contributed by atoms with Crippen LogP contribution in [0.25, 0.3) is 10.8 Å². The molecule has 0 radical (unpaired) electrons. The van der Waals surface area contributed by atoms with Crippen LogP contribution in [0.4, 0.5) is 5.69 Å². The third-order valence-corrected chi connectivity index (χ3v) is 5.94. The fourth-order valence-corrected chi connectivity index (χ4v) is 4.27. The number of amides is 3. The second kappa shape index (κ2) is 10.3. The predicted molar refractivity (Wildman–Crippen MR) is 129 cm³/mol. The summed E-state index contributed by atoms with van der Waals surface area (Å²) in [6.45, 7) is 1.69. The zero-order chi connectivity index (χ0) is 23.2. The van der Waals surface area contributed by atoms with E-state index in [-0.39, 0.29) is 36.7 Å². The molecule has 0 aromatic heterocycles. The molecule has 0 bridgehead atoms. The Morgan fingerprint density at radius 1 is 0.970 bits per heavy atom. The van der Waals surface area contributed by atoms with Gasteiger partial charge in [-0.25, -0.2) is 0 Å². The number of anilines is 1. The molecule has 1 fully saturated rings. The topological polar surface area (TPSA) is 105 Å². The van der Waals surface area contributed by atoms with Gasteiger partial charge in [0.2, 0.25) is 11.8 Å². The summed E-state index contributed by atoms with van der Waals surface area (Å²) in [7, 11) is 0. The lowest BCUT2D eigenvalue weighted by Crippen LogP contribution is -2.39. The lowest BCUT2D eigenvalue weighted by Gasteiger charge is -2.22. The van der Waals surface area contributed by atoms with Crippen molar-refractivity contribution in [1.29, 1.82) is 0 Å². The summed E-state index contributed by atoms with van der Waals surface area (Å²) in [6, 6.07) is 20.7. The SMILES string of the molecule is NC(=O)C1CCCN1Cc1cccc(NC(=O)CCNC(=O)c2ccc3ccccc3c2)c1. The van der Waals surface area contributed by atoms with Gasteiger partial charge in [-0.2, -0.15) is 0 Å². The van der Waals surface area contributed by atoms with Gasteiger partial charge in [-0.1, -0.05) is 42.5 Å². The first-order valence-electron chi connectivity index (χ1n) is 11.2. The highest BCUT2D eigenvalue weighted by molar-refractivity contribution is 5.99. The summed E-state index contributed by atoms with van der Waals surface area (Å²) in [4.78, 5) is 38.5. The van der Waals surface area contributed by atoms with Crippen LogP contribution in [0.15, 0.2) is 66.7 Å². The maximum Gasteiger partial charge on any atom is 0.251 e. The van der Waals surface area contributed by atoms with Crippen molar-refractivity contribution in [2.24, 2.45) is 5.73 Å². The van der Waals surface area contributed by atoms with E-state index in [1.54, 1.807) is 6.07 Å². The Morgan fingerprint density at radius 3 is 2.61 bits per heavy atom. The number of nitrogens with two attached hydrogens (primary N) is 1. The number of fused-ring (bicyclic) bond motifs is 1. The lowest BCUT2D eigenvalue weighted by atomic mass is 10.1. The molecule has 0 saturated carbocycles. The number of primary amides is 1. The highest BCUT2D eigenvalue weighted by Crippen LogP contribution is 2.21. The molecule has 3 amide bonds. The van der Waals surface area contributed by atoms with Crippen LogP contribution in [0.2, 0.25) is 0 Å². The Bertz CT molecular complexity index is 1180. The molecule has 7 nitrogen and oxygen atoms in total. The molecule has 0 spiro atoms. The number of benzene rings is 3. The van der Waals surface area contributed by atoms with E-state index in [0.717, 1.165) is 35.7 Å². The predicted octanol–water partition coefficient (Wildman–Crippen LogP) is 3.05. The second-order valence-electron chi connectivity index (χ2n) is 8.35. The van der Waals surface area contributed by atoms with Gasteiger partial charge in [0.15, 0.2) is 0 Å². The molecular formula is C26H28N4O3. The number of hydrogen-bond acceptors (Lipinski definition) is 4. The van der Waals surface area contributed by atoms with E-state index >= 15 is 0 Å². The molecule has 4 rings (SSSR count). The van der Waals surface area contributed by atoms with E-state index in [4.69, 9.17) is 5.73 Å². The van der Waals surface area contributed by atoms with Crippen LogP contribution in [0.3, 0.4) is 0 Å². The molecule has 170 valence electrons. The van der Waals surface area contributed by atoms with E-state index in [1.807, 2.05) is 60.7 Å². The number of carbonyl (C=O) groups excluding carboxylic acids is 3. The molecular weight excluding hydrogens is 416 g/mol. The molecule has 1 aliphatic heterocycles. The van der Waals surface area contributed by atoms with Gasteiger partial charge in [0.1, 0.15) is 0 Å². The van der Waals surface area contributed by atoms with Crippen molar-refractivity contribution in [3.05, 3.63) is 77.9 Å². The van der Waals surface area contributed by atoms with Crippen molar-refractivity contribution >= 4 is 34.2 Å². The van der Waals surface area contributed by atoms with Crippen molar-refractivity contribution in [2.75, 3.05) is 18.4 Å². The van der Waals surface area contributed by atoms with E-state index in [2.05, 4.69) is 15.5 Å². The van der Waals surface area contributed by atoms with Crippen LogP contribution in [0.5, 0.6) is 0 Å². The fraction of sp³-hybridized carbons (Fsp3) is 0.269. The summed E-state index contributed by atoms with van der Waals surface area (Å²) in [5, 5.41) is 7.76. The van der Waals surface area contributed by atoms with Crippen LogP contribution in [-0.4, -0.2) is 41.8 Å². The molecule has 3 aromatic carbocycles. The zero-order valence-electron chi connectivity index (χ0n) is 18.4. The van der Waals surface area contributed by atoms with Crippen LogP contribution < -0.4 is 16.4 Å². The van der Waals surface area contributed by atoms with Gasteiger partial charge in [0.25, 0.3) is 5.91 Å². The van der Waals surface area contributed by atoms with E-state index < -0.39 is 0 Å². The number of hydrogen-bond donors (Lipinski definition) is 3. The summed E-state index contributed by atoms with van der Waals surface area (Å²) in [5.41, 5.74) is 7.76. The summed E-state index contributed by atoms with van der Waals surface area (Å²) in [6.07, 6.45) is 1.91. The second-order valence-corrected chi connectivity index (χ2v) is 8.35. The summed E-state index contributed by atoms with van der Waals surface area (Å²) >= 11 is 0. The van der Waals surface area contributed by atoms with Crippen LogP contribution in [0, 0.1) is 0 Å². The average Bonchev–Trinajstić information content (AvgIpc) is 3.27. The van der Waals surface area contributed by atoms with Gasteiger partial charge in [-0.3, -0.25) is 19.3 Å². The van der Waals surface area contributed by atoms with Crippen LogP contribution in [0.1, 0.15) is 35.2 Å². The minimum Gasteiger partial charge on any atom is -0.368 e. The maximum atomic E-state index is 12.4. The van der Waals surface area contributed by atoms with Gasteiger partial charge in [0, 0.05) is 30.8 Å². The Balaban J connectivity index is 1.27. The molecule has 4 N–H and O–H groups in total. The number of rotatable bonds is 8. The Kier molecular flexibility index (Phi) is 7.00. The monoisotopic (exact) mass is 444 g/mol. The molecule has 33 heavy (non-hydrogen) atoms. The molecule has 7 heteroatoms. The first-order valence-corrected chi connectivity index (χ1v) is 11.2. The van der Waals surface area contributed by atoms with Crippen LogP contribution in [-0.2, 0) is 16.1 Å². The molecule has 1 saturated heterocycles. The fourth-order valence-electron chi connectivity index (χ4n) is 4.27. The van der Waals surface area contributed by atoms with Crippen LogP contribution >= 0.6 is 0 Å². The Morgan fingerprint density at radius 2 is 1.79 bits per heavy atom. The third kappa shape index (κ3) is 5.75. The minimum absolute atomic E-state index is 0.166. The third-order valence-electron chi connectivity index (χ3n) is 5.94. The maximum absolute atomic E-state index is 12.4. The smallest absolute Gasteiger partial charge is 0.251 e. The average molecular weight is 445 g/mol. The first kappa shape index (κ1) is 22.5. The van der Waals surface area contributed by atoms with Gasteiger partial charge < -0.3 is 16.4 Å². The van der Waals surface area contributed by atoms with E-state index in [9.17, 15) is 14.4 Å². The molecule has 1 atom stereocenters. The van der Waals surface area contributed by atoms with Gasteiger partial charge in [-0.05, 0) is 60.0 Å². The van der Waals surface area contributed by atoms with Crippen molar-refractivity contribution < 1.29 is 14.4 Å². The van der Waals surface area contributed by atoms with Crippen molar-refractivity contribution in [2.45, 2.75) is 31.8 Å². The Labute approximate surface area is 192 Å². The lowest BCUT2D eigenvalue weighted by molar-refractivity contribution is -0.122. The minimum atomic E-state index is -0.289. The van der Waals surface area contributed by atoms with Gasteiger partial charge in [0.05, 0.1) is 6.04 Å². The summed E-state index contributed by atoms with van der Waals surface area (Å²) in [5.74, 6) is -0.671. The quantitative estimate of drug-likeness (QED) is 0.497. The van der Waals surface area contributed by atoms with Gasteiger partial charge >= 0.3 is 0 Å². The standard InChI is InChI=1S/C26H28N4O3/c27-25(32)23-9-4-14-30(23)17-18-5-3-8-22(15-18)29-24(31)12-13-28-26(33)21-11-10-19-6-1-2-7-20(19)16-21/h1-3,5-8,10-11,15-16,23H,4,9,12-14,17H2,(H2,27,32)(H,28,33)(H,29,31). The van der Waals surface area contributed by atoms with Crippen molar-refractivity contribution in [3.8, 4) is 0 Å². The van der Waals surface area contributed by atoms with E-state index in [0.29, 0.717) is 17.8 Å². The first-order chi connectivity index (χ1) is 16.0. The number of nitrogens with one attached hydrogen (secondary N) is 2. The highest BCUT2D eigenvalue weighted by atomic mass is 16.2. The normalized spacial score (nSPS) is 15.9. The molecule has 3 aromatic rings. The molecule has 1 unspecified atom stereocenters. The number of nitrogens with zero attached hydrogens (tertiary/aromatic N) is 1.